The molecule has 2 aliphatic rings. The van der Waals surface area contributed by atoms with Crippen molar-refractivity contribution in [2.75, 3.05) is 0 Å². The van der Waals surface area contributed by atoms with Gasteiger partial charge in [-0.1, -0.05) is 6.92 Å². The Morgan fingerprint density at radius 2 is 1.59 bits per heavy atom. The second-order valence-electron chi connectivity index (χ2n) is 5.76. The minimum atomic E-state index is -0.685. The first-order valence-electron chi connectivity index (χ1n) is 6.44. The maximum absolute atomic E-state index is 11.1. The Hall–Kier alpha value is -1.06. The quantitative estimate of drug-likeness (QED) is 0.776. The Morgan fingerprint density at radius 3 is 2.18 bits per heavy atom. The van der Waals surface area contributed by atoms with Crippen LogP contribution in [-0.4, -0.2) is 22.2 Å². The first-order chi connectivity index (χ1) is 7.99. The van der Waals surface area contributed by atoms with Crippen LogP contribution in [0.2, 0.25) is 0 Å². The summed E-state index contributed by atoms with van der Waals surface area (Å²) in [7, 11) is 0. The van der Waals surface area contributed by atoms with Crippen molar-refractivity contribution in [1.29, 1.82) is 0 Å². The number of fused-ring (bicyclic) bond motifs is 1. The summed E-state index contributed by atoms with van der Waals surface area (Å²) in [5, 5.41) is 18.2. The zero-order chi connectivity index (χ0) is 12.6. The second kappa shape index (κ2) is 4.67. The van der Waals surface area contributed by atoms with E-state index in [1.807, 2.05) is 0 Å². The number of hydrogen-bond acceptors (Lipinski definition) is 2. The summed E-state index contributed by atoms with van der Waals surface area (Å²) < 4.78 is 0. The van der Waals surface area contributed by atoms with Crippen molar-refractivity contribution in [3.05, 3.63) is 0 Å². The summed E-state index contributed by atoms with van der Waals surface area (Å²) in [4.78, 5) is 22.1. The molecule has 0 aromatic carbocycles. The van der Waals surface area contributed by atoms with Gasteiger partial charge in [0.2, 0.25) is 0 Å². The normalized spacial score (nSPS) is 41.6. The van der Waals surface area contributed by atoms with Crippen LogP contribution in [0.15, 0.2) is 0 Å². The minimum absolute atomic E-state index is 0.208. The molecule has 5 unspecified atom stereocenters. The molecule has 2 N–H and O–H groups in total. The molecule has 2 saturated carbocycles. The summed E-state index contributed by atoms with van der Waals surface area (Å²) in [6.45, 7) is 2.08. The van der Waals surface area contributed by atoms with E-state index in [1.165, 1.54) is 0 Å². The predicted molar refractivity (Wildman–Crippen MR) is 61.5 cm³/mol. The Balaban J connectivity index is 2.04. The number of hydrogen-bond donors (Lipinski definition) is 2. The van der Waals surface area contributed by atoms with Crippen molar-refractivity contribution >= 4 is 11.9 Å². The van der Waals surface area contributed by atoms with Gasteiger partial charge in [0.1, 0.15) is 0 Å². The van der Waals surface area contributed by atoms with Gasteiger partial charge >= 0.3 is 11.9 Å². The summed E-state index contributed by atoms with van der Waals surface area (Å²) >= 11 is 0. The third-order valence-electron chi connectivity index (χ3n) is 4.72. The molecule has 0 amide bonds. The highest BCUT2D eigenvalue weighted by Crippen LogP contribution is 2.47. The monoisotopic (exact) mass is 240 g/mol. The summed E-state index contributed by atoms with van der Waals surface area (Å²) in [6, 6.07) is 0. The fourth-order valence-corrected chi connectivity index (χ4v) is 3.77. The van der Waals surface area contributed by atoms with Crippen LogP contribution in [0.1, 0.15) is 39.0 Å². The van der Waals surface area contributed by atoms with Crippen LogP contribution in [0.3, 0.4) is 0 Å². The first-order valence-corrected chi connectivity index (χ1v) is 6.44. The van der Waals surface area contributed by atoms with E-state index < -0.39 is 11.9 Å². The maximum Gasteiger partial charge on any atom is 0.306 e. The third-order valence-corrected chi connectivity index (χ3v) is 4.72. The lowest BCUT2D eigenvalue weighted by Crippen LogP contribution is -2.39. The summed E-state index contributed by atoms with van der Waals surface area (Å²) in [5.41, 5.74) is 0. The van der Waals surface area contributed by atoms with E-state index in [4.69, 9.17) is 10.2 Å². The van der Waals surface area contributed by atoms with Gasteiger partial charge in [-0.15, -0.1) is 0 Å². The topological polar surface area (TPSA) is 74.6 Å². The summed E-state index contributed by atoms with van der Waals surface area (Å²) in [5.74, 6) is -0.604. The SMILES string of the molecule is CC1CC(C(=O)O)CC2CCC(C(=O)O)CC12. The van der Waals surface area contributed by atoms with Crippen molar-refractivity contribution in [2.45, 2.75) is 39.0 Å². The second-order valence-corrected chi connectivity index (χ2v) is 5.76. The highest BCUT2D eigenvalue weighted by molar-refractivity contribution is 5.71. The van der Waals surface area contributed by atoms with E-state index in [-0.39, 0.29) is 11.8 Å². The van der Waals surface area contributed by atoms with Gasteiger partial charge in [-0.3, -0.25) is 9.59 Å². The van der Waals surface area contributed by atoms with Crippen LogP contribution in [-0.2, 0) is 9.59 Å². The average molecular weight is 240 g/mol. The molecule has 17 heavy (non-hydrogen) atoms. The predicted octanol–water partition coefficient (Wildman–Crippen LogP) is 2.23. The molecule has 2 aliphatic carbocycles. The maximum atomic E-state index is 11.1. The molecule has 0 aromatic rings. The van der Waals surface area contributed by atoms with E-state index in [0.29, 0.717) is 24.2 Å². The first kappa shape index (κ1) is 12.4. The largest absolute Gasteiger partial charge is 0.481 e. The van der Waals surface area contributed by atoms with Crippen molar-refractivity contribution < 1.29 is 19.8 Å². The lowest BCUT2D eigenvalue weighted by atomic mass is 9.61. The molecule has 0 aliphatic heterocycles. The third kappa shape index (κ3) is 2.45. The average Bonchev–Trinajstić information content (AvgIpc) is 2.28. The highest BCUT2D eigenvalue weighted by Gasteiger charge is 2.42. The van der Waals surface area contributed by atoms with Crippen LogP contribution >= 0.6 is 0 Å². The molecule has 2 rings (SSSR count). The van der Waals surface area contributed by atoms with Crippen LogP contribution in [0.25, 0.3) is 0 Å². The molecule has 0 radical (unpaired) electrons. The van der Waals surface area contributed by atoms with Crippen LogP contribution in [0.5, 0.6) is 0 Å². The van der Waals surface area contributed by atoms with Gasteiger partial charge < -0.3 is 10.2 Å². The molecular formula is C13H20O4. The minimum Gasteiger partial charge on any atom is -0.481 e. The van der Waals surface area contributed by atoms with Crippen molar-refractivity contribution in [3.63, 3.8) is 0 Å². The van der Waals surface area contributed by atoms with Gasteiger partial charge in [-0.05, 0) is 49.9 Å². The molecule has 4 nitrogen and oxygen atoms in total. The van der Waals surface area contributed by atoms with E-state index in [0.717, 1.165) is 25.7 Å². The van der Waals surface area contributed by atoms with Gasteiger partial charge in [0.25, 0.3) is 0 Å². The molecule has 0 bridgehead atoms. The smallest absolute Gasteiger partial charge is 0.306 e. The van der Waals surface area contributed by atoms with Crippen molar-refractivity contribution in [3.8, 4) is 0 Å². The summed E-state index contributed by atoms with van der Waals surface area (Å²) in [6.07, 6.45) is 3.80. The molecule has 96 valence electrons. The fourth-order valence-electron chi connectivity index (χ4n) is 3.77. The molecule has 0 spiro atoms. The van der Waals surface area contributed by atoms with Crippen LogP contribution < -0.4 is 0 Å². The number of carbonyl (C=O) groups is 2. The molecular weight excluding hydrogens is 220 g/mol. The van der Waals surface area contributed by atoms with E-state index in [1.54, 1.807) is 0 Å². The number of rotatable bonds is 2. The van der Waals surface area contributed by atoms with Crippen molar-refractivity contribution in [2.24, 2.45) is 29.6 Å². The van der Waals surface area contributed by atoms with Gasteiger partial charge in [0, 0.05) is 0 Å². The number of aliphatic carboxylic acids is 2. The van der Waals surface area contributed by atoms with Crippen LogP contribution in [0.4, 0.5) is 0 Å². The van der Waals surface area contributed by atoms with Gasteiger partial charge in [-0.25, -0.2) is 0 Å². The van der Waals surface area contributed by atoms with Crippen molar-refractivity contribution in [1.82, 2.24) is 0 Å². The zero-order valence-electron chi connectivity index (χ0n) is 10.1. The molecule has 0 saturated heterocycles. The Kier molecular flexibility index (Phi) is 3.40. The van der Waals surface area contributed by atoms with Gasteiger partial charge in [-0.2, -0.15) is 0 Å². The molecule has 0 heterocycles. The standard InChI is InChI=1S/C13H20O4/c1-7-4-10(13(16)17)5-8-2-3-9(12(14)15)6-11(7)8/h7-11H,2-6H2,1H3,(H,14,15)(H,16,17). The Labute approximate surface area is 101 Å². The van der Waals surface area contributed by atoms with Crippen LogP contribution in [0, 0.1) is 29.6 Å². The fraction of sp³-hybridized carbons (Fsp3) is 0.846. The number of carboxylic acid groups (broad SMARTS) is 2. The number of carboxylic acids is 2. The van der Waals surface area contributed by atoms with Gasteiger partial charge in [0.15, 0.2) is 0 Å². The Morgan fingerprint density at radius 1 is 0.941 bits per heavy atom. The highest BCUT2D eigenvalue weighted by atomic mass is 16.4. The van der Waals surface area contributed by atoms with E-state index >= 15 is 0 Å². The van der Waals surface area contributed by atoms with E-state index in [9.17, 15) is 9.59 Å². The molecule has 0 aromatic heterocycles. The Bertz CT molecular complexity index is 325. The zero-order valence-corrected chi connectivity index (χ0v) is 10.1. The van der Waals surface area contributed by atoms with Gasteiger partial charge in [0.05, 0.1) is 11.8 Å². The molecule has 4 heteroatoms. The molecule has 5 atom stereocenters. The molecule has 2 fully saturated rings. The lowest BCUT2D eigenvalue weighted by Gasteiger charge is -2.44. The van der Waals surface area contributed by atoms with E-state index in [2.05, 4.69) is 6.92 Å². The lowest BCUT2D eigenvalue weighted by molar-refractivity contribution is -0.149.